The van der Waals surface area contributed by atoms with Crippen LogP contribution in [0.2, 0.25) is 0 Å². The smallest absolute Gasteiger partial charge is 0.322 e. The molecule has 0 aromatic carbocycles. The van der Waals surface area contributed by atoms with Crippen LogP contribution >= 0.6 is 0 Å². The van der Waals surface area contributed by atoms with Crippen molar-refractivity contribution < 1.29 is 14.3 Å². The first kappa shape index (κ1) is 12.2. The van der Waals surface area contributed by atoms with Gasteiger partial charge in [-0.25, -0.2) is 9.78 Å². The Bertz CT molecular complexity index is 469. The molecule has 19 heavy (non-hydrogen) atoms. The lowest BCUT2D eigenvalue weighted by Gasteiger charge is -2.32. The molecule has 2 aliphatic rings. The van der Waals surface area contributed by atoms with Crippen LogP contribution in [0.5, 0.6) is 5.88 Å². The molecule has 0 bridgehead atoms. The molecule has 0 radical (unpaired) electrons. The van der Waals surface area contributed by atoms with Crippen LogP contribution in [-0.2, 0) is 4.74 Å². The summed E-state index contributed by atoms with van der Waals surface area (Å²) in [7, 11) is 1.57. The van der Waals surface area contributed by atoms with Crippen molar-refractivity contribution in [1.82, 2.24) is 10.3 Å². The number of carbonyl (C=O) groups excluding carboxylic acids is 1. The van der Waals surface area contributed by atoms with Crippen LogP contribution in [-0.4, -0.2) is 43.4 Å². The number of hydrogen-bond donors (Lipinski definition) is 1. The molecule has 1 aromatic heterocycles. The van der Waals surface area contributed by atoms with E-state index in [0.29, 0.717) is 25.6 Å². The topological polar surface area (TPSA) is 63.7 Å². The lowest BCUT2D eigenvalue weighted by molar-refractivity contribution is 0.0521. The van der Waals surface area contributed by atoms with Crippen molar-refractivity contribution in [3.05, 3.63) is 18.3 Å². The average molecular weight is 263 g/mol. The summed E-state index contributed by atoms with van der Waals surface area (Å²) in [5.74, 6) is 0.545. The van der Waals surface area contributed by atoms with Gasteiger partial charge in [0.05, 0.1) is 31.1 Å². The fraction of sp³-hybridized carbons (Fsp3) is 0.538. The molecule has 102 valence electrons. The molecule has 6 nitrogen and oxygen atoms in total. The molecule has 0 aliphatic carbocycles. The van der Waals surface area contributed by atoms with E-state index < -0.39 is 0 Å². The minimum absolute atomic E-state index is 0.0612. The lowest BCUT2D eigenvalue weighted by Crippen LogP contribution is -2.47. The number of urea groups is 1. The number of anilines is 1. The number of carbonyl (C=O) groups is 1. The number of rotatable bonds is 2. The first-order valence-electron chi connectivity index (χ1n) is 6.40. The van der Waals surface area contributed by atoms with E-state index in [0.717, 1.165) is 18.5 Å². The van der Waals surface area contributed by atoms with E-state index >= 15 is 0 Å². The maximum Gasteiger partial charge on any atom is 0.322 e. The first-order valence-corrected chi connectivity index (χ1v) is 6.40. The van der Waals surface area contributed by atoms with Gasteiger partial charge >= 0.3 is 6.03 Å². The van der Waals surface area contributed by atoms with Gasteiger partial charge < -0.3 is 14.8 Å². The predicted molar refractivity (Wildman–Crippen MR) is 69.5 cm³/mol. The summed E-state index contributed by atoms with van der Waals surface area (Å²) in [4.78, 5) is 18.0. The van der Waals surface area contributed by atoms with E-state index in [9.17, 15) is 4.79 Å². The second kappa shape index (κ2) is 4.70. The van der Waals surface area contributed by atoms with Crippen LogP contribution in [0.1, 0.15) is 12.8 Å². The minimum atomic E-state index is -0.144. The van der Waals surface area contributed by atoms with E-state index in [2.05, 4.69) is 10.3 Å². The number of aromatic nitrogens is 1. The van der Waals surface area contributed by atoms with Gasteiger partial charge in [0.1, 0.15) is 0 Å². The number of ether oxygens (including phenoxy) is 2. The third kappa shape index (κ3) is 2.23. The number of methoxy groups -OCH3 is 1. The van der Waals surface area contributed by atoms with Gasteiger partial charge in [-0.05, 0) is 18.9 Å². The summed E-state index contributed by atoms with van der Waals surface area (Å²) in [6.45, 7) is 2.08. The van der Waals surface area contributed by atoms with Crippen LogP contribution in [0.3, 0.4) is 0 Å². The van der Waals surface area contributed by atoms with E-state index in [-0.39, 0.29) is 11.6 Å². The second-order valence-corrected chi connectivity index (χ2v) is 4.97. The number of hydrogen-bond acceptors (Lipinski definition) is 4. The molecule has 1 N–H and O–H groups in total. The Labute approximate surface area is 111 Å². The highest BCUT2D eigenvalue weighted by Crippen LogP contribution is 2.30. The minimum Gasteiger partial charge on any atom is -0.481 e. The summed E-state index contributed by atoms with van der Waals surface area (Å²) >= 11 is 0. The number of nitrogens with zero attached hydrogens (tertiary/aromatic N) is 2. The fourth-order valence-electron chi connectivity index (χ4n) is 2.62. The second-order valence-electron chi connectivity index (χ2n) is 4.97. The Kier molecular flexibility index (Phi) is 3.02. The van der Waals surface area contributed by atoms with Crippen molar-refractivity contribution >= 4 is 11.7 Å². The molecule has 0 unspecified atom stereocenters. The number of pyridine rings is 1. The standard InChI is InChI=1S/C13H17N3O3/c1-18-11-3-2-10(8-14-11)16-9-13(15-12(16)17)4-6-19-7-5-13/h2-3,8H,4-7,9H2,1H3,(H,15,17). The third-order valence-corrected chi connectivity index (χ3v) is 3.77. The highest BCUT2D eigenvalue weighted by molar-refractivity contribution is 5.95. The highest BCUT2D eigenvalue weighted by atomic mass is 16.5. The van der Waals surface area contributed by atoms with Crippen LogP contribution in [0, 0.1) is 0 Å². The first-order chi connectivity index (χ1) is 9.22. The number of nitrogens with one attached hydrogen (secondary N) is 1. The molecular weight excluding hydrogens is 246 g/mol. The molecule has 2 amide bonds. The molecule has 1 aromatic rings. The molecular formula is C13H17N3O3. The van der Waals surface area contributed by atoms with Crippen molar-refractivity contribution in [3.63, 3.8) is 0 Å². The molecule has 1 spiro atoms. The highest BCUT2D eigenvalue weighted by Gasteiger charge is 2.43. The molecule has 2 fully saturated rings. The van der Waals surface area contributed by atoms with Crippen molar-refractivity contribution in [1.29, 1.82) is 0 Å². The van der Waals surface area contributed by atoms with Crippen molar-refractivity contribution in [2.45, 2.75) is 18.4 Å². The molecule has 2 aliphatic heterocycles. The normalized spacial score (nSPS) is 21.5. The van der Waals surface area contributed by atoms with Gasteiger partial charge in [0, 0.05) is 19.3 Å². The Hall–Kier alpha value is -1.82. The van der Waals surface area contributed by atoms with Crippen LogP contribution in [0.25, 0.3) is 0 Å². The van der Waals surface area contributed by atoms with Gasteiger partial charge in [-0.1, -0.05) is 0 Å². The van der Waals surface area contributed by atoms with Crippen molar-refractivity contribution in [2.24, 2.45) is 0 Å². The fourth-order valence-corrected chi connectivity index (χ4v) is 2.62. The third-order valence-electron chi connectivity index (χ3n) is 3.77. The summed E-state index contributed by atoms with van der Waals surface area (Å²) in [5, 5.41) is 3.09. The SMILES string of the molecule is COc1ccc(N2CC3(CCOCC3)NC2=O)cn1. The van der Waals surface area contributed by atoms with Gasteiger partial charge in [0.2, 0.25) is 5.88 Å². The van der Waals surface area contributed by atoms with Crippen molar-refractivity contribution in [2.75, 3.05) is 31.8 Å². The van der Waals surface area contributed by atoms with Crippen LogP contribution in [0.4, 0.5) is 10.5 Å². The zero-order valence-electron chi connectivity index (χ0n) is 10.9. The van der Waals surface area contributed by atoms with Crippen molar-refractivity contribution in [3.8, 4) is 5.88 Å². The maximum absolute atomic E-state index is 12.1. The Morgan fingerprint density at radius 2 is 2.21 bits per heavy atom. The van der Waals surface area contributed by atoms with E-state index in [1.54, 1.807) is 24.3 Å². The summed E-state index contributed by atoms with van der Waals surface area (Å²) in [6.07, 6.45) is 3.38. The number of amides is 2. The Morgan fingerprint density at radius 1 is 1.42 bits per heavy atom. The van der Waals surface area contributed by atoms with Gasteiger partial charge in [0.15, 0.2) is 0 Å². The predicted octanol–water partition coefficient (Wildman–Crippen LogP) is 1.17. The molecule has 3 rings (SSSR count). The van der Waals surface area contributed by atoms with E-state index in [4.69, 9.17) is 9.47 Å². The van der Waals surface area contributed by atoms with Gasteiger partial charge in [-0.2, -0.15) is 0 Å². The zero-order valence-corrected chi connectivity index (χ0v) is 10.9. The Morgan fingerprint density at radius 3 is 2.84 bits per heavy atom. The maximum atomic E-state index is 12.1. The zero-order chi connectivity index (χ0) is 13.3. The molecule has 3 heterocycles. The Balaban J connectivity index is 1.79. The van der Waals surface area contributed by atoms with Crippen LogP contribution in [0.15, 0.2) is 18.3 Å². The van der Waals surface area contributed by atoms with Gasteiger partial charge in [0.25, 0.3) is 0 Å². The van der Waals surface area contributed by atoms with E-state index in [1.807, 2.05) is 6.07 Å². The summed E-state index contributed by atoms with van der Waals surface area (Å²) < 4.78 is 10.4. The monoisotopic (exact) mass is 263 g/mol. The quantitative estimate of drug-likeness (QED) is 0.870. The summed E-state index contributed by atoms with van der Waals surface area (Å²) in [5.41, 5.74) is 0.650. The van der Waals surface area contributed by atoms with E-state index in [1.165, 1.54) is 0 Å². The average Bonchev–Trinajstić information content (AvgIpc) is 2.76. The molecule has 0 atom stereocenters. The van der Waals surface area contributed by atoms with Gasteiger partial charge in [-0.3, -0.25) is 4.90 Å². The lowest BCUT2D eigenvalue weighted by atomic mass is 9.91. The largest absolute Gasteiger partial charge is 0.481 e. The molecule has 0 saturated carbocycles. The van der Waals surface area contributed by atoms with Gasteiger partial charge in [-0.15, -0.1) is 0 Å². The van der Waals surface area contributed by atoms with Crippen LogP contribution < -0.4 is 15.0 Å². The summed E-state index contributed by atoms with van der Waals surface area (Å²) in [6, 6.07) is 3.55. The molecule has 6 heteroatoms. The molecule has 2 saturated heterocycles.